The standard InChI is InChI=1S/C6H11Cl2N3/c1-4(2)10-5(7)11-6(3,8)9/h1,9H2,2-3H3,(H,10,11). The number of rotatable bonds is 2. The van der Waals surface area contributed by atoms with Crippen LogP contribution in [0.2, 0.25) is 0 Å². The number of nitrogens with one attached hydrogen (secondary N) is 1. The highest BCUT2D eigenvalue weighted by Gasteiger charge is 2.11. The Kier molecular flexibility index (Phi) is 3.86. The fourth-order valence-electron chi connectivity index (χ4n) is 0.396. The van der Waals surface area contributed by atoms with Crippen LogP contribution in [-0.4, -0.2) is 10.4 Å². The molecule has 0 aliphatic heterocycles. The van der Waals surface area contributed by atoms with E-state index in [0.29, 0.717) is 5.70 Å². The summed E-state index contributed by atoms with van der Waals surface area (Å²) in [5.41, 5.74) is 6.02. The Labute approximate surface area is 76.3 Å². The number of nitrogens with two attached hydrogens (primary N) is 1. The molecule has 3 nitrogen and oxygen atoms in total. The van der Waals surface area contributed by atoms with Crippen LogP contribution in [0, 0.1) is 0 Å². The first-order valence-corrected chi connectivity index (χ1v) is 3.72. The van der Waals surface area contributed by atoms with Crippen molar-refractivity contribution >= 4 is 28.5 Å². The maximum absolute atomic E-state index is 5.57. The van der Waals surface area contributed by atoms with Gasteiger partial charge >= 0.3 is 0 Å². The number of nitrogens with zero attached hydrogens (tertiary/aromatic N) is 1. The molecule has 5 heteroatoms. The van der Waals surface area contributed by atoms with E-state index >= 15 is 0 Å². The number of amidine groups is 1. The van der Waals surface area contributed by atoms with Gasteiger partial charge in [-0.2, -0.15) is 0 Å². The van der Waals surface area contributed by atoms with E-state index in [2.05, 4.69) is 16.9 Å². The molecule has 0 saturated heterocycles. The molecule has 0 spiro atoms. The maximum atomic E-state index is 5.57. The second-order valence-electron chi connectivity index (χ2n) is 2.33. The predicted octanol–water partition coefficient (Wildman–Crippen LogP) is 1.58. The van der Waals surface area contributed by atoms with Gasteiger partial charge in [0.25, 0.3) is 0 Å². The van der Waals surface area contributed by atoms with Gasteiger partial charge in [-0.25, -0.2) is 4.99 Å². The monoisotopic (exact) mass is 195 g/mol. The van der Waals surface area contributed by atoms with E-state index in [0.717, 1.165) is 0 Å². The van der Waals surface area contributed by atoms with Crippen LogP contribution in [0.4, 0.5) is 0 Å². The average molecular weight is 196 g/mol. The molecule has 11 heavy (non-hydrogen) atoms. The lowest BCUT2D eigenvalue weighted by Gasteiger charge is -2.10. The molecule has 3 N–H and O–H groups in total. The van der Waals surface area contributed by atoms with Crippen LogP contribution in [-0.2, 0) is 0 Å². The van der Waals surface area contributed by atoms with Crippen molar-refractivity contribution in [3.63, 3.8) is 0 Å². The van der Waals surface area contributed by atoms with E-state index < -0.39 is 5.12 Å². The van der Waals surface area contributed by atoms with Crippen LogP contribution in [0.5, 0.6) is 0 Å². The number of allylic oxidation sites excluding steroid dienone is 1. The molecule has 0 fully saturated rings. The number of alkyl halides is 1. The molecule has 0 aliphatic carbocycles. The summed E-state index contributed by atoms with van der Waals surface area (Å²) in [6.45, 7) is 6.84. The zero-order valence-electron chi connectivity index (χ0n) is 6.49. The minimum absolute atomic E-state index is 0.137. The van der Waals surface area contributed by atoms with Crippen LogP contribution in [0.1, 0.15) is 13.8 Å². The molecule has 64 valence electrons. The summed E-state index contributed by atoms with van der Waals surface area (Å²) in [6.07, 6.45) is 0. The summed E-state index contributed by atoms with van der Waals surface area (Å²) < 4.78 is 0. The highest BCUT2D eigenvalue weighted by atomic mass is 35.5. The lowest BCUT2D eigenvalue weighted by Crippen LogP contribution is -2.29. The van der Waals surface area contributed by atoms with Gasteiger partial charge in [-0.3, -0.25) is 5.73 Å². The second-order valence-corrected chi connectivity index (χ2v) is 3.46. The first-order valence-electron chi connectivity index (χ1n) is 2.97. The summed E-state index contributed by atoms with van der Waals surface area (Å²) in [5.74, 6) is 0. The lowest BCUT2D eigenvalue weighted by molar-refractivity contribution is 0.703. The normalized spacial score (nSPS) is 17.4. The summed E-state index contributed by atoms with van der Waals surface area (Å²) in [7, 11) is 0. The molecule has 0 saturated carbocycles. The summed E-state index contributed by atoms with van der Waals surface area (Å²) in [5, 5.41) is 1.63. The van der Waals surface area contributed by atoms with Gasteiger partial charge in [0.1, 0.15) is 0 Å². The first-order chi connectivity index (χ1) is 4.81. The molecule has 0 heterocycles. The number of aliphatic imine (C=N–C) groups is 1. The smallest absolute Gasteiger partial charge is 0.198 e. The Hall–Kier alpha value is -0.250. The predicted molar refractivity (Wildman–Crippen MR) is 49.7 cm³/mol. The molecule has 0 aromatic rings. The van der Waals surface area contributed by atoms with Crippen molar-refractivity contribution in [2.24, 2.45) is 10.7 Å². The summed E-state index contributed by atoms with van der Waals surface area (Å²) in [6, 6.07) is 0. The fraction of sp³-hybridized carbons (Fsp3) is 0.500. The molecule has 1 atom stereocenters. The van der Waals surface area contributed by atoms with Gasteiger partial charge in [0.2, 0.25) is 0 Å². The Bertz CT molecular complexity index is 181. The lowest BCUT2D eigenvalue weighted by atomic mass is 10.6. The first kappa shape index (κ1) is 10.8. The van der Waals surface area contributed by atoms with Crippen LogP contribution in [0.3, 0.4) is 0 Å². The van der Waals surface area contributed by atoms with E-state index in [1.54, 1.807) is 6.92 Å². The zero-order chi connectivity index (χ0) is 9.07. The van der Waals surface area contributed by atoms with Crippen LogP contribution >= 0.6 is 23.2 Å². The highest BCUT2D eigenvalue weighted by Crippen LogP contribution is 2.07. The fourth-order valence-corrected chi connectivity index (χ4v) is 0.861. The topological polar surface area (TPSA) is 50.4 Å². The van der Waals surface area contributed by atoms with E-state index in [-0.39, 0.29) is 5.29 Å². The van der Waals surface area contributed by atoms with Gasteiger partial charge in [-0.1, -0.05) is 18.2 Å². The molecular formula is C6H11Cl2N3. The quantitative estimate of drug-likeness (QED) is 0.305. The van der Waals surface area contributed by atoms with Crippen molar-refractivity contribution in [1.29, 1.82) is 0 Å². The van der Waals surface area contributed by atoms with Gasteiger partial charge in [-0.05, 0) is 25.4 Å². The minimum atomic E-state index is -1.17. The summed E-state index contributed by atoms with van der Waals surface area (Å²) in [4.78, 5) is 3.70. The van der Waals surface area contributed by atoms with Crippen LogP contribution < -0.4 is 11.1 Å². The average Bonchev–Trinajstić information content (AvgIpc) is 1.53. The molecule has 0 rings (SSSR count). The van der Waals surface area contributed by atoms with Crippen molar-refractivity contribution in [3.05, 3.63) is 12.3 Å². The molecule has 0 radical (unpaired) electrons. The molecule has 0 aromatic carbocycles. The zero-order valence-corrected chi connectivity index (χ0v) is 8.00. The highest BCUT2D eigenvalue weighted by molar-refractivity contribution is 6.65. The van der Waals surface area contributed by atoms with E-state index in [4.69, 9.17) is 28.9 Å². The Morgan fingerprint density at radius 3 is 2.45 bits per heavy atom. The van der Waals surface area contributed by atoms with Crippen molar-refractivity contribution < 1.29 is 0 Å². The van der Waals surface area contributed by atoms with Gasteiger partial charge in [-0.15, -0.1) is 0 Å². The van der Waals surface area contributed by atoms with Crippen LogP contribution in [0.15, 0.2) is 17.3 Å². The van der Waals surface area contributed by atoms with Crippen molar-refractivity contribution in [2.75, 3.05) is 0 Å². The van der Waals surface area contributed by atoms with Crippen molar-refractivity contribution in [3.8, 4) is 0 Å². The number of hydrogen-bond acceptors (Lipinski definition) is 2. The molecule has 0 aromatic heterocycles. The molecule has 0 aliphatic rings. The second kappa shape index (κ2) is 3.95. The van der Waals surface area contributed by atoms with Crippen molar-refractivity contribution in [2.45, 2.75) is 19.0 Å². The third kappa shape index (κ3) is 7.65. The Morgan fingerprint density at radius 2 is 2.18 bits per heavy atom. The van der Waals surface area contributed by atoms with E-state index in [1.165, 1.54) is 6.92 Å². The third-order valence-electron chi connectivity index (χ3n) is 0.633. The third-order valence-corrected chi connectivity index (χ3v) is 0.897. The largest absolute Gasteiger partial charge is 0.335 e. The molecule has 0 bridgehead atoms. The van der Waals surface area contributed by atoms with E-state index in [1.807, 2.05) is 0 Å². The maximum Gasteiger partial charge on any atom is 0.198 e. The SMILES string of the molecule is C=C(C)NC(Cl)=NC(C)(N)Cl. The molecular weight excluding hydrogens is 185 g/mol. The van der Waals surface area contributed by atoms with E-state index in [9.17, 15) is 0 Å². The number of halogens is 2. The Morgan fingerprint density at radius 1 is 1.73 bits per heavy atom. The number of hydrogen-bond donors (Lipinski definition) is 2. The molecule has 1 unspecified atom stereocenters. The van der Waals surface area contributed by atoms with Gasteiger partial charge in [0, 0.05) is 5.70 Å². The summed E-state index contributed by atoms with van der Waals surface area (Å²) >= 11 is 11.1. The minimum Gasteiger partial charge on any atom is -0.335 e. The van der Waals surface area contributed by atoms with Gasteiger partial charge in [0.15, 0.2) is 10.4 Å². The van der Waals surface area contributed by atoms with Gasteiger partial charge < -0.3 is 5.32 Å². The van der Waals surface area contributed by atoms with Gasteiger partial charge in [0.05, 0.1) is 0 Å². The molecule has 0 amide bonds. The Balaban J connectivity index is 4.12. The van der Waals surface area contributed by atoms with Crippen molar-refractivity contribution in [1.82, 2.24) is 5.32 Å². The van der Waals surface area contributed by atoms with Crippen LogP contribution in [0.25, 0.3) is 0 Å².